The molecule has 0 aliphatic carbocycles. The van der Waals surface area contributed by atoms with Gasteiger partial charge in [0.15, 0.2) is 5.13 Å². The van der Waals surface area contributed by atoms with Crippen LogP contribution >= 0.6 is 11.3 Å². The fourth-order valence-corrected chi connectivity index (χ4v) is 4.06. The molecule has 29 heavy (non-hydrogen) atoms. The Kier molecular flexibility index (Phi) is 5.31. The Bertz CT molecular complexity index is 1140. The van der Waals surface area contributed by atoms with Crippen molar-refractivity contribution in [1.29, 1.82) is 0 Å². The molecule has 0 spiro atoms. The van der Waals surface area contributed by atoms with E-state index in [0.717, 1.165) is 26.7 Å². The Labute approximate surface area is 172 Å². The lowest BCUT2D eigenvalue weighted by atomic mass is 10.0. The van der Waals surface area contributed by atoms with E-state index >= 15 is 0 Å². The van der Waals surface area contributed by atoms with Crippen LogP contribution in [0.1, 0.15) is 19.4 Å². The Morgan fingerprint density at radius 2 is 1.83 bits per heavy atom. The van der Waals surface area contributed by atoms with Gasteiger partial charge in [-0.2, -0.15) is 0 Å². The number of fused-ring (bicyclic) bond motifs is 2. The SMILES string of the molecule is CC(C)C(=O)NC(Cc1c[nH]c2ccccc12)C(=O)Nc1nc2ccccc2s1. The predicted molar refractivity (Wildman–Crippen MR) is 117 cm³/mol. The van der Waals surface area contributed by atoms with Gasteiger partial charge in [-0.05, 0) is 23.8 Å². The third-order valence-corrected chi connectivity index (χ3v) is 5.73. The average Bonchev–Trinajstić information content (AvgIpc) is 3.30. The van der Waals surface area contributed by atoms with Crippen LogP contribution in [0.2, 0.25) is 0 Å². The van der Waals surface area contributed by atoms with E-state index < -0.39 is 6.04 Å². The van der Waals surface area contributed by atoms with Crippen molar-refractivity contribution >= 4 is 49.4 Å². The number of para-hydroxylation sites is 2. The van der Waals surface area contributed by atoms with Gasteiger partial charge in [0.05, 0.1) is 10.2 Å². The number of nitrogens with zero attached hydrogens (tertiary/aromatic N) is 1. The van der Waals surface area contributed by atoms with Crippen molar-refractivity contribution in [3.63, 3.8) is 0 Å². The van der Waals surface area contributed by atoms with Crippen molar-refractivity contribution < 1.29 is 9.59 Å². The summed E-state index contributed by atoms with van der Waals surface area (Å²) in [6, 6.07) is 14.9. The molecule has 7 heteroatoms. The summed E-state index contributed by atoms with van der Waals surface area (Å²) in [6.45, 7) is 3.62. The first-order valence-electron chi connectivity index (χ1n) is 9.53. The van der Waals surface area contributed by atoms with Crippen molar-refractivity contribution in [3.8, 4) is 0 Å². The van der Waals surface area contributed by atoms with Gasteiger partial charge in [0, 0.05) is 29.4 Å². The Morgan fingerprint density at radius 1 is 1.07 bits per heavy atom. The van der Waals surface area contributed by atoms with Crippen LogP contribution in [-0.2, 0) is 16.0 Å². The van der Waals surface area contributed by atoms with Crippen molar-refractivity contribution in [2.24, 2.45) is 5.92 Å². The van der Waals surface area contributed by atoms with Gasteiger partial charge in [0.2, 0.25) is 11.8 Å². The van der Waals surface area contributed by atoms with Crippen molar-refractivity contribution in [1.82, 2.24) is 15.3 Å². The second-order valence-corrected chi connectivity index (χ2v) is 8.29. The van der Waals surface area contributed by atoms with Gasteiger partial charge in [-0.15, -0.1) is 0 Å². The number of hydrogen-bond acceptors (Lipinski definition) is 4. The first kappa shape index (κ1) is 19.1. The second kappa shape index (κ2) is 8.05. The van der Waals surface area contributed by atoms with Crippen LogP contribution in [0.5, 0.6) is 0 Å². The fraction of sp³-hybridized carbons (Fsp3) is 0.227. The number of aromatic amines is 1. The maximum atomic E-state index is 13.0. The van der Waals surface area contributed by atoms with E-state index in [-0.39, 0.29) is 17.7 Å². The van der Waals surface area contributed by atoms with E-state index in [1.807, 2.05) is 68.6 Å². The van der Waals surface area contributed by atoms with Crippen molar-refractivity contribution in [2.75, 3.05) is 5.32 Å². The van der Waals surface area contributed by atoms with Gasteiger partial charge in [-0.3, -0.25) is 9.59 Å². The molecule has 2 aromatic heterocycles. The maximum Gasteiger partial charge on any atom is 0.249 e. The van der Waals surface area contributed by atoms with Crippen LogP contribution in [0.25, 0.3) is 21.1 Å². The summed E-state index contributed by atoms with van der Waals surface area (Å²) in [5.74, 6) is -0.645. The number of benzene rings is 2. The Morgan fingerprint density at radius 3 is 2.62 bits per heavy atom. The number of aromatic nitrogens is 2. The highest BCUT2D eigenvalue weighted by molar-refractivity contribution is 7.22. The largest absolute Gasteiger partial charge is 0.361 e. The highest BCUT2D eigenvalue weighted by atomic mass is 32.1. The third-order valence-electron chi connectivity index (χ3n) is 4.78. The van der Waals surface area contributed by atoms with Crippen LogP contribution in [-0.4, -0.2) is 27.8 Å². The molecule has 1 unspecified atom stereocenters. The van der Waals surface area contributed by atoms with E-state index in [2.05, 4.69) is 20.6 Å². The molecular formula is C22H22N4O2S. The summed E-state index contributed by atoms with van der Waals surface area (Å²) in [4.78, 5) is 33.1. The number of amides is 2. The van der Waals surface area contributed by atoms with Gasteiger partial charge in [0.25, 0.3) is 0 Å². The molecule has 0 bridgehead atoms. The molecule has 2 amide bonds. The van der Waals surface area contributed by atoms with Crippen LogP contribution in [0.4, 0.5) is 5.13 Å². The number of hydrogen-bond donors (Lipinski definition) is 3. The van der Waals surface area contributed by atoms with Gasteiger partial charge < -0.3 is 15.6 Å². The first-order chi connectivity index (χ1) is 14.0. The molecule has 148 valence electrons. The van der Waals surface area contributed by atoms with Crippen LogP contribution in [0.15, 0.2) is 54.7 Å². The number of rotatable bonds is 6. The number of thiazole rings is 1. The molecule has 0 aliphatic rings. The Balaban J connectivity index is 1.58. The average molecular weight is 407 g/mol. The number of H-pyrrole nitrogens is 1. The minimum Gasteiger partial charge on any atom is -0.361 e. The van der Waals surface area contributed by atoms with Gasteiger partial charge >= 0.3 is 0 Å². The van der Waals surface area contributed by atoms with E-state index in [1.54, 1.807) is 0 Å². The van der Waals surface area contributed by atoms with Crippen LogP contribution in [0.3, 0.4) is 0 Å². The number of nitrogens with one attached hydrogen (secondary N) is 3. The lowest BCUT2D eigenvalue weighted by Gasteiger charge is -2.19. The molecule has 3 N–H and O–H groups in total. The summed E-state index contributed by atoms with van der Waals surface area (Å²) in [6.07, 6.45) is 2.28. The summed E-state index contributed by atoms with van der Waals surface area (Å²) in [5.41, 5.74) is 2.82. The van der Waals surface area contributed by atoms with Gasteiger partial charge in [-0.1, -0.05) is 55.5 Å². The lowest BCUT2D eigenvalue weighted by molar-refractivity contribution is -0.128. The van der Waals surface area contributed by atoms with Crippen molar-refractivity contribution in [3.05, 3.63) is 60.3 Å². The zero-order valence-corrected chi connectivity index (χ0v) is 17.0. The highest BCUT2D eigenvalue weighted by Crippen LogP contribution is 2.26. The quantitative estimate of drug-likeness (QED) is 0.451. The lowest BCUT2D eigenvalue weighted by Crippen LogP contribution is -2.46. The number of carbonyl (C=O) groups excluding carboxylic acids is 2. The van der Waals surface area contributed by atoms with Gasteiger partial charge in [0.1, 0.15) is 6.04 Å². The monoisotopic (exact) mass is 406 g/mol. The zero-order chi connectivity index (χ0) is 20.4. The maximum absolute atomic E-state index is 13.0. The summed E-state index contributed by atoms with van der Waals surface area (Å²) < 4.78 is 1.00. The predicted octanol–water partition coefficient (Wildman–Crippen LogP) is 4.10. The molecule has 2 heterocycles. The molecule has 0 radical (unpaired) electrons. The summed E-state index contributed by atoms with van der Waals surface area (Å²) in [5, 5.41) is 7.34. The topological polar surface area (TPSA) is 86.9 Å². The summed E-state index contributed by atoms with van der Waals surface area (Å²) in [7, 11) is 0. The minimum absolute atomic E-state index is 0.158. The van der Waals surface area contributed by atoms with Crippen LogP contribution in [0, 0.1) is 5.92 Å². The normalized spacial score (nSPS) is 12.4. The van der Waals surface area contributed by atoms with Crippen LogP contribution < -0.4 is 10.6 Å². The molecule has 0 fully saturated rings. The molecule has 0 aliphatic heterocycles. The van der Waals surface area contributed by atoms with Crippen molar-refractivity contribution in [2.45, 2.75) is 26.3 Å². The number of anilines is 1. The van der Waals surface area contributed by atoms with E-state index in [9.17, 15) is 9.59 Å². The third kappa shape index (κ3) is 4.14. The molecule has 1 atom stereocenters. The molecule has 0 saturated carbocycles. The highest BCUT2D eigenvalue weighted by Gasteiger charge is 2.24. The second-order valence-electron chi connectivity index (χ2n) is 7.26. The summed E-state index contributed by atoms with van der Waals surface area (Å²) >= 11 is 1.42. The molecular weight excluding hydrogens is 384 g/mol. The molecule has 2 aromatic carbocycles. The number of carbonyl (C=O) groups is 2. The molecule has 6 nitrogen and oxygen atoms in total. The van der Waals surface area contributed by atoms with Gasteiger partial charge in [-0.25, -0.2) is 4.98 Å². The molecule has 0 saturated heterocycles. The molecule has 4 rings (SSSR count). The van der Waals surface area contributed by atoms with E-state index in [0.29, 0.717) is 11.6 Å². The smallest absolute Gasteiger partial charge is 0.249 e. The van der Waals surface area contributed by atoms with E-state index in [1.165, 1.54) is 11.3 Å². The fourth-order valence-electron chi connectivity index (χ4n) is 3.19. The molecule has 4 aromatic rings. The standard InChI is InChI=1S/C22H22N4O2S/c1-13(2)20(27)24-18(11-14-12-23-16-8-4-3-7-15(14)16)21(28)26-22-25-17-9-5-6-10-19(17)29-22/h3-10,12-13,18,23H,11H2,1-2H3,(H,24,27)(H,25,26,28). The zero-order valence-electron chi connectivity index (χ0n) is 16.2. The Hall–Kier alpha value is -3.19. The van der Waals surface area contributed by atoms with E-state index in [4.69, 9.17) is 0 Å². The minimum atomic E-state index is -0.698. The first-order valence-corrected chi connectivity index (χ1v) is 10.3.